The number of nitrogens with one attached hydrogen (secondary N) is 2. The highest BCUT2D eigenvalue weighted by Crippen LogP contribution is 2.24. The van der Waals surface area contributed by atoms with Gasteiger partial charge in [0.15, 0.2) is 17.4 Å². The van der Waals surface area contributed by atoms with Crippen LogP contribution < -0.4 is 5.32 Å². The molecule has 0 aliphatic rings. The molecule has 0 aliphatic heterocycles. The minimum Gasteiger partial charge on any atom is -0.461 e. The van der Waals surface area contributed by atoms with Crippen LogP contribution in [0.4, 0.5) is 5.82 Å². The maximum Gasteiger partial charge on any atom is 0.174 e. The number of pyridine rings is 1. The van der Waals surface area contributed by atoms with Crippen molar-refractivity contribution >= 4 is 16.9 Å². The topological polar surface area (TPSA) is 66.7 Å². The molecule has 0 bridgehead atoms. The first-order valence-electron chi connectivity index (χ1n) is 6.36. The van der Waals surface area contributed by atoms with Gasteiger partial charge in [-0.1, -0.05) is 13.8 Å². The molecule has 0 spiro atoms. The lowest BCUT2D eigenvalue weighted by Gasteiger charge is -2.07. The molecule has 0 fully saturated rings. The van der Waals surface area contributed by atoms with Crippen LogP contribution in [0.5, 0.6) is 0 Å². The van der Waals surface area contributed by atoms with Crippen molar-refractivity contribution in [3.8, 4) is 11.6 Å². The Balaban J connectivity index is 2.00. The lowest BCUT2D eigenvalue weighted by Crippen LogP contribution is -2.09. The molecule has 3 rings (SSSR count). The van der Waals surface area contributed by atoms with E-state index in [1.807, 2.05) is 18.2 Å². The number of hydrogen-bond acceptors (Lipinski definition) is 4. The summed E-state index contributed by atoms with van der Waals surface area (Å²) < 4.78 is 5.35. The number of nitrogens with zero attached hydrogens (tertiary/aromatic N) is 2. The number of fused-ring (bicyclic) bond motifs is 1. The molecule has 0 aromatic carbocycles. The largest absolute Gasteiger partial charge is 0.461 e. The van der Waals surface area contributed by atoms with E-state index in [4.69, 9.17) is 4.42 Å². The maximum atomic E-state index is 5.35. The Morgan fingerprint density at radius 2 is 2.26 bits per heavy atom. The summed E-state index contributed by atoms with van der Waals surface area (Å²) >= 11 is 0. The average Bonchev–Trinajstić information content (AvgIpc) is 3.04. The molecule has 0 atom stereocenters. The second-order valence-electron chi connectivity index (χ2n) is 4.89. The SMILES string of the molecule is CC(C)CNc1nccc2[nH]c(-c3ccco3)nc12. The highest BCUT2D eigenvalue weighted by Gasteiger charge is 2.11. The molecule has 19 heavy (non-hydrogen) atoms. The number of aromatic amines is 1. The molecule has 3 heterocycles. The van der Waals surface area contributed by atoms with Gasteiger partial charge in [-0.2, -0.15) is 0 Å². The predicted molar refractivity (Wildman–Crippen MR) is 74.9 cm³/mol. The molecule has 2 N–H and O–H groups in total. The van der Waals surface area contributed by atoms with E-state index >= 15 is 0 Å². The molecule has 3 aromatic heterocycles. The van der Waals surface area contributed by atoms with Gasteiger partial charge in [0.1, 0.15) is 5.52 Å². The van der Waals surface area contributed by atoms with Crippen molar-refractivity contribution in [2.24, 2.45) is 5.92 Å². The Morgan fingerprint density at radius 1 is 1.37 bits per heavy atom. The molecule has 0 aliphatic carbocycles. The lowest BCUT2D eigenvalue weighted by atomic mass is 10.2. The summed E-state index contributed by atoms with van der Waals surface area (Å²) in [7, 11) is 0. The monoisotopic (exact) mass is 256 g/mol. The fourth-order valence-corrected chi connectivity index (χ4v) is 1.90. The van der Waals surface area contributed by atoms with Crippen molar-refractivity contribution in [2.75, 3.05) is 11.9 Å². The zero-order valence-electron chi connectivity index (χ0n) is 11.0. The first kappa shape index (κ1) is 11.8. The van der Waals surface area contributed by atoms with Crippen molar-refractivity contribution in [3.63, 3.8) is 0 Å². The van der Waals surface area contributed by atoms with Crippen LogP contribution in [0, 0.1) is 5.92 Å². The normalized spacial score (nSPS) is 11.3. The summed E-state index contributed by atoms with van der Waals surface area (Å²) in [5.74, 6) is 2.81. The number of anilines is 1. The number of rotatable bonds is 4. The van der Waals surface area contributed by atoms with Gasteiger partial charge in [-0.3, -0.25) is 0 Å². The number of H-pyrrole nitrogens is 1. The highest BCUT2D eigenvalue weighted by molar-refractivity contribution is 5.87. The van der Waals surface area contributed by atoms with Crippen molar-refractivity contribution < 1.29 is 4.42 Å². The standard InChI is InChI=1S/C14H16N4O/c1-9(2)8-16-14-12-10(5-6-15-14)17-13(18-12)11-4-3-7-19-11/h3-7,9H,8H2,1-2H3,(H,15,16)(H,17,18). The molecular weight excluding hydrogens is 240 g/mol. The molecule has 0 saturated heterocycles. The Bertz CT molecular complexity index is 670. The van der Waals surface area contributed by atoms with E-state index in [9.17, 15) is 0 Å². The fraction of sp³-hybridized carbons (Fsp3) is 0.286. The van der Waals surface area contributed by atoms with Crippen molar-refractivity contribution in [3.05, 3.63) is 30.7 Å². The Hall–Kier alpha value is -2.30. The molecule has 0 radical (unpaired) electrons. The summed E-state index contributed by atoms with van der Waals surface area (Å²) in [6, 6.07) is 5.64. The molecule has 5 nitrogen and oxygen atoms in total. The van der Waals surface area contributed by atoms with Gasteiger partial charge in [0, 0.05) is 12.7 Å². The van der Waals surface area contributed by atoms with Crippen LogP contribution in [-0.4, -0.2) is 21.5 Å². The quantitative estimate of drug-likeness (QED) is 0.751. The smallest absolute Gasteiger partial charge is 0.174 e. The zero-order valence-corrected chi connectivity index (χ0v) is 11.0. The third-order valence-electron chi connectivity index (χ3n) is 2.83. The minimum absolute atomic E-state index is 0.556. The van der Waals surface area contributed by atoms with E-state index in [2.05, 4.69) is 34.1 Å². The van der Waals surface area contributed by atoms with Crippen LogP contribution in [-0.2, 0) is 0 Å². The Labute approximate surface area is 111 Å². The molecule has 5 heteroatoms. The van der Waals surface area contributed by atoms with Crippen LogP contribution in [0.25, 0.3) is 22.6 Å². The average molecular weight is 256 g/mol. The van der Waals surface area contributed by atoms with E-state index < -0.39 is 0 Å². The fourth-order valence-electron chi connectivity index (χ4n) is 1.90. The van der Waals surface area contributed by atoms with Gasteiger partial charge in [-0.25, -0.2) is 9.97 Å². The van der Waals surface area contributed by atoms with Gasteiger partial charge in [0.2, 0.25) is 0 Å². The van der Waals surface area contributed by atoms with Crippen molar-refractivity contribution in [1.29, 1.82) is 0 Å². The summed E-state index contributed by atoms with van der Waals surface area (Å²) in [6.45, 7) is 5.19. The van der Waals surface area contributed by atoms with Gasteiger partial charge in [0.25, 0.3) is 0 Å². The maximum absolute atomic E-state index is 5.35. The van der Waals surface area contributed by atoms with Gasteiger partial charge in [-0.05, 0) is 24.1 Å². The van der Waals surface area contributed by atoms with Crippen LogP contribution >= 0.6 is 0 Å². The van der Waals surface area contributed by atoms with Gasteiger partial charge >= 0.3 is 0 Å². The van der Waals surface area contributed by atoms with E-state index in [1.54, 1.807) is 12.5 Å². The van der Waals surface area contributed by atoms with Crippen LogP contribution in [0.15, 0.2) is 35.1 Å². The highest BCUT2D eigenvalue weighted by atomic mass is 16.3. The number of aromatic nitrogens is 3. The molecule has 0 saturated carbocycles. The number of hydrogen-bond donors (Lipinski definition) is 2. The second kappa shape index (κ2) is 4.76. The molecule has 3 aromatic rings. The predicted octanol–water partition coefficient (Wildman–Crippen LogP) is 3.29. The number of imidazole rings is 1. The molecule has 98 valence electrons. The Morgan fingerprint density at radius 3 is 3.00 bits per heavy atom. The third kappa shape index (κ3) is 2.31. The molecule has 0 unspecified atom stereocenters. The minimum atomic E-state index is 0.556. The zero-order chi connectivity index (χ0) is 13.2. The summed E-state index contributed by atoms with van der Waals surface area (Å²) in [5.41, 5.74) is 1.79. The summed E-state index contributed by atoms with van der Waals surface area (Å²) in [5, 5.41) is 3.32. The molecular formula is C14H16N4O. The summed E-state index contributed by atoms with van der Waals surface area (Å²) in [4.78, 5) is 12.1. The van der Waals surface area contributed by atoms with Crippen molar-refractivity contribution in [2.45, 2.75) is 13.8 Å². The van der Waals surface area contributed by atoms with E-state index in [1.165, 1.54) is 0 Å². The van der Waals surface area contributed by atoms with Gasteiger partial charge in [-0.15, -0.1) is 0 Å². The third-order valence-corrected chi connectivity index (χ3v) is 2.83. The van der Waals surface area contributed by atoms with E-state index in [0.717, 1.165) is 35.0 Å². The summed E-state index contributed by atoms with van der Waals surface area (Å²) in [6.07, 6.45) is 3.41. The molecule has 0 amide bonds. The first-order valence-corrected chi connectivity index (χ1v) is 6.36. The van der Waals surface area contributed by atoms with Crippen molar-refractivity contribution in [1.82, 2.24) is 15.0 Å². The van der Waals surface area contributed by atoms with Crippen LogP contribution in [0.1, 0.15) is 13.8 Å². The van der Waals surface area contributed by atoms with E-state index in [-0.39, 0.29) is 0 Å². The van der Waals surface area contributed by atoms with E-state index in [0.29, 0.717) is 5.92 Å². The number of furan rings is 1. The van der Waals surface area contributed by atoms with Gasteiger partial charge in [0.05, 0.1) is 11.8 Å². The second-order valence-corrected chi connectivity index (χ2v) is 4.89. The Kier molecular flexibility index (Phi) is 2.95. The first-order chi connectivity index (χ1) is 9.24. The van der Waals surface area contributed by atoms with Crippen LogP contribution in [0.3, 0.4) is 0 Å². The van der Waals surface area contributed by atoms with Gasteiger partial charge < -0.3 is 14.7 Å². The lowest BCUT2D eigenvalue weighted by molar-refractivity contribution is 0.578. The van der Waals surface area contributed by atoms with Crippen LogP contribution in [0.2, 0.25) is 0 Å².